The first kappa shape index (κ1) is 14.9. The molecule has 1 aromatic heterocycles. The molecule has 0 unspecified atom stereocenters. The molecule has 0 atom stereocenters. The van der Waals surface area contributed by atoms with Crippen molar-refractivity contribution in [3.8, 4) is 0 Å². The molecule has 0 aliphatic rings. The van der Waals surface area contributed by atoms with Gasteiger partial charge in [-0.15, -0.1) is 0 Å². The van der Waals surface area contributed by atoms with Crippen molar-refractivity contribution in [1.82, 2.24) is 5.32 Å². The average Bonchev–Trinajstić information content (AvgIpc) is 2.94. The third-order valence-corrected chi connectivity index (χ3v) is 2.69. The van der Waals surface area contributed by atoms with Crippen LogP contribution in [0, 0.1) is 0 Å². The van der Waals surface area contributed by atoms with Crippen molar-refractivity contribution in [2.75, 3.05) is 10.6 Å². The smallest absolute Gasteiger partial charge is 0.293 e. The first-order chi connectivity index (χ1) is 10.0. The SMILES string of the molecule is NC(=S)Nc1ccc(NC(=S)NC(=O)c2ccco2)cc1. The van der Waals surface area contributed by atoms with Crippen molar-refractivity contribution >= 4 is 51.9 Å². The highest BCUT2D eigenvalue weighted by molar-refractivity contribution is 7.80. The lowest BCUT2D eigenvalue weighted by Crippen LogP contribution is -2.33. The van der Waals surface area contributed by atoms with E-state index in [9.17, 15) is 4.79 Å². The summed E-state index contributed by atoms with van der Waals surface area (Å²) in [5.74, 6) is -0.223. The topological polar surface area (TPSA) is 92.3 Å². The number of rotatable bonds is 3. The normalized spacial score (nSPS) is 9.71. The molecule has 0 aliphatic heterocycles. The minimum atomic E-state index is -0.413. The van der Waals surface area contributed by atoms with Crippen LogP contribution in [0.5, 0.6) is 0 Å². The van der Waals surface area contributed by atoms with Crippen LogP contribution in [0.3, 0.4) is 0 Å². The molecule has 2 rings (SSSR count). The summed E-state index contributed by atoms with van der Waals surface area (Å²) in [6, 6.07) is 10.3. The molecular formula is C13H12N4O2S2. The van der Waals surface area contributed by atoms with Crippen molar-refractivity contribution in [3.05, 3.63) is 48.4 Å². The molecule has 0 fully saturated rings. The minimum Gasteiger partial charge on any atom is -0.459 e. The van der Waals surface area contributed by atoms with Gasteiger partial charge < -0.3 is 20.8 Å². The molecule has 6 nitrogen and oxygen atoms in total. The summed E-state index contributed by atoms with van der Waals surface area (Å²) in [5, 5.41) is 8.56. The summed E-state index contributed by atoms with van der Waals surface area (Å²) in [6.07, 6.45) is 1.42. The van der Waals surface area contributed by atoms with Crippen LogP contribution < -0.4 is 21.7 Å². The molecule has 0 aliphatic carbocycles. The maximum absolute atomic E-state index is 11.7. The largest absolute Gasteiger partial charge is 0.459 e. The van der Waals surface area contributed by atoms with Crippen molar-refractivity contribution in [3.63, 3.8) is 0 Å². The van der Waals surface area contributed by atoms with E-state index in [0.29, 0.717) is 5.69 Å². The standard InChI is InChI=1S/C13H12N4O2S2/c14-12(20)15-8-3-5-9(6-4-8)16-13(21)17-11(18)10-2-1-7-19-10/h1-7H,(H3,14,15,20)(H2,16,17,18,21). The summed E-state index contributed by atoms with van der Waals surface area (Å²) >= 11 is 9.79. The maximum Gasteiger partial charge on any atom is 0.293 e. The zero-order chi connectivity index (χ0) is 15.2. The first-order valence-corrected chi connectivity index (χ1v) is 6.68. The fourth-order valence-corrected chi connectivity index (χ4v) is 1.84. The van der Waals surface area contributed by atoms with Gasteiger partial charge in [0.2, 0.25) is 0 Å². The molecule has 1 aromatic carbocycles. The van der Waals surface area contributed by atoms with Crippen LogP contribution in [0.25, 0.3) is 0 Å². The highest BCUT2D eigenvalue weighted by atomic mass is 32.1. The van der Waals surface area contributed by atoms with Gasteiger partial charge in [0.25, 0.3) is 5.91 Å². The van der Waals surface area contributed by atoms with E-state index in [-0.39, 0.29) is 16.0 Å². The number of nitrogens with two attached hydrogens (primary N) is 1. The van der Waals surface area contributed by atoms with Gasteiger partial charge in [0.05, 0.1) is 6.26 Å². The van der Waals surface area contributed by atoms with Gasteiger partial charge in [-0.05, 0) is 60.8 Å². The number of hydrogen-bond acceptors (Lipinski definition) is 4. The molecule has 0 spiro atoms. The fourth-order valence-electron chi connectivity index (χ4n) is 1.51. The molecule has 0 saturated heterocycles. The summed E-state index contributed by atoms with van der Waals surface area (Å²) in [7, 11) is 0. The van der Waals surface area contributed by atoms with Crippen LogP contribution in [0.15, 0.2) is 47.1 Å². The van der Waals surface area contributed by atoms with Crippen LogP contribution in [0.1, 0.15) is 10.6 Å². The Morgan fingerprint density at radius 1 is 1.05 bits per heavy atom. The first-order valence-electron chi connectivity index (χ1n) is 5.87. The zero-order valence-corrected chi connectivity index (χ0v) is 12.4. The summed E-state index contributed by atoms with van der Waals surface area (Å²) in [5.41, 5.74) is 6.85. The number of hydrogen-bond donors (Lipinski definition) is 4. The molecule has 21 heavy (non-hydrogen) atoms. The highest BCUT2D eigenvalue weighted by Gasteiger charge is 2.10. The minimum absolute atomic E-state index is 0.173. The lowest BCUT2D eigenvalue weighted by atomic mass is 10.3. The Balaban J connectivity index is 1.90. The summed E-state index contributed by atoms with van der Waals surface area (Å²) in [4.78, 5) is 11.7. The number of anilines is 2. The number of furan rings is 1. The molecule has 5 N–H and O–H groups in total. The molecule has 0 saturated carbocycles. The van der Waals surface area contributed by atoms with Crippen LogP contribution in [0.4, 0.5) is 11.4 Å². The van der Waals surface area contributed by atoms with Crippen LogP contribution in [-0.4, -0.2) is 16.1 Å². The van der Waals surface area contributed by atoms with Gasteiger partial charge in [0.1, 0.15) is 0 Å². The number of carbonyl (C=O) groups is 1. The van der Waals surface area contributed by atoms with Crippen molar-refractivity contribution in [2.24, 2.45) is 5.73 Å². The number of nitrogens with one attached hydrogen (secondary N) is 3. The third kappa shape index (κ3) is 4.55. The van der Waals surface area contributed by atoms with Gasteiger partial charge >= 0.3 is 0 Å². The van der Waals surface area contributed by atoms with Crippen LogP contribution >= 0.6 is 24.4 Å². The average molecular weight is 320 g/mol. The Morgan fingerprint density at radius 3 is 2.19 bits per heavy atom. The van der Waals surface area contributed by atoms with Crippen molar-refractivity contribution in [1.29, 1.82) is 0 Å². The predicted octanol–water partition coefficient (Wildman–Crippen LogP) is 2.06. The molecular weight excluding hydrogens is 308 g/mol. The van der Waals surface area contributed by atoms with Gasteiger partial charge in [-0.25, -0.2) is 0 Å². The second-order valence-electron chi connectivity index (χ2n) is 3.95. The monoisotopic (exact) mass is 320 g/mol. The molecule has 8 heteroatoms. The Hall–Kier alpha value is -2.45. The lowest BCUT2D eigenvalue weighted by Gasteiger charge is -2.09. The maximum atomic E-state index is 11.7. The van der Waals surface area contributed by atoms with E-state index in [1.807, 2.05) is 0 Å². The summed E-state index contributed by atoms with van der Waals surface area (Å²) < 4.78 is 4.97. The molecule has 108 valence electrons. The van der Waals surface area contributed by atoms with E-state index >= 15 is 0 Å². The Kier molecular flexibility index (Phi) is 4.85. The van der Waals surface area contributed by atoms with Crippen molar-refractivity contribution in [2.45, 2.75) is 0 Å². The van der Waals surface area contributed by atoms with Crippen molar-refractivity contribution < 1.29 is 9.21 Å². The third-order valence-electron chi connectivity index (χ3n) is 2.38. The van der Waals surface area contributed by atoms with Gasteiger partial charge in [0.15, 0.2) is 16.0 Å². The number of benzene rings is 1. The lowest BCUT2D eigenvalue weighted by molar-refractivity contribution is 0.0950. The molecule has 1 heterocycles. The second kappa shape index (κ2) is 6.82. The molecule has 0 radical (unpaired) electrons. The van der Waals surface area contributed by atoms with Gasteiger partial charge in [0, 0.05) is 11.4 Å². The van der Waals surface area contributed by atoms with E-state index in [1.165, 1.54) is 6.26 Å². The van der Waals surface area contributed by atoms with E-state index in [0.717, 1.165) is 5.69 Å². The molecule has 2 aromatic rings. The van der Waals surface area contributed by atoms with Crippen LogP contribution in [-0.2, 0) is 0 Å². The number of carbonyl (C=O) groups excluding carboxylic acids is 1. The highest BCUT2D eigenvalue weighted by Crippen LogP contribution is 2.13. The molecule has 1 amide bonds. The van der Waals surface area contributed by atoms with E-state index in [4.69, 9.17) is 34.6 Å². The Morgan fingerprint density at radius 2 is 1.67 bits per heavy atom. The predicted molar refractivity (Wildman–Crippen MR) is 89.2 cm³/mol. The van der Waals surface area contributed by atoms with Crippen LogP contribution in [0.2, 0.25) is 0 Å². The number of thiocarbonyl (C=S) groups is 2. The Labute approximate surface area is 131 Å². The van der Waals surface area contributed by atoms with Gasteiger partial charge in [-0.1, -0.05) is 0 Å². The van der Waals surface area contributed by atoms with Gasteiger partial charge in [-0.2, -0.15) is 0 Å². The second-order valence-corrected chi connectivity index (χ2v) is 4.80. The quantitative estimate of drug-likeness (QED) is 0.643. The van der Waals surface area contributed by atoms with E-state index in [1.54, 1.807) is 36.4 Å². The zero-order valence-electron chi connectivity index (χ0n) is 10.8. The van der Waals surface area contributed by atoms with E-state index < -0.39 is 5.91 Å². The Bertz CT molecular complexity index is 653. The van der Waals surface area contributed by atoms with Gasteiger partial charge in [-0.3, -0.25) is 10.1 Å². The van der Waals surface area contributed by atoms with E-state index in [2.05, 4.69) is 16.0 Å². The number of amides is 1. The fraction of sp³-hybridized carbons (Fsp3) is 0. The molecule has 0 bridgehead atoms. The summed E-state index contributed by atoms with van der Waals surface area (Å²) in [6.45, 7) is 0.